The van der Waals surface area contributed by atoms with E-state index in [1.807, 2.05) is 0 Å². The lowest BCUT2D eigenvalue weighted by Gasteiger charge is -2.13. The van der Waals surface area contributed by atoms with Crippen LogP contribution in [0.4, 0.5) is 18.9 Å². The average molecular weight is 321 g/mol. The van der Waals surface area contributed by atoms with Crippen molar-refractivity contribution >= 4 is 17.2 Å². The minimum atomic E-state index is -4.54. The van der Waals surface area contributed by atoms with Crippen molar-refractivity contribution in [2.75, 3.05) is 5.43 Å². The molecular formula is C13H10F3N7. The van der Waals surface area contributed by atoms with Crippen LogP contribution in [0.25, 0.3) is 5.69 Å². The van der Waals surface area contributed by atoms with Crippen LogP contribution in [0, 0.1) is 16.7 Å². The molecule has 1 aromatic heterocycles. The summed E-state index contributed by atoms with van der Waals surface area (Å²) in [5.41, 5.74) is 6.46. The molecule has 7 nitrogen and oxygen atoms in total. The summed E-state index contributed by atoms with van der Waals surface area (Å²) in [6.07, 6.45) is -0.144. The highest BCUT2D eigenvalue weighted by molar-refractivity contribution is 6.45. The SMILES string of the molecule is N#C/C(=N\Nc1cc(C(F)(F)F)ccc1-n1ccnc1)C(=N)N. The topological polar surface area (TPSA) is 116 Å². The molecule has 0 unspecified atom stereocenters. The summed E-state index contributed by atoms with van der Waals surface area (Å²) in [7, 11) is 0. The highest BCUT2D eigenvalue weighted by Gasteiger charge is 2.31. The summed E-state index contributed by atoms with van der Waals surface area (Å²) in [6.45, 7) is 0. The Morgan fingerprint density at radius 1 is 1.43 bits per heavy atom. The van der Waals surface area contributed by atoms with E-state index >= 15 is 0 Å². The Kier molecular flexibility index (Phi) is 4.31. The number of aromatic nitrogens is 2. The van der Waals surface area contributed by atoms with Crippen LogP contribution in [-0.4, -0.2) is 21.1 Å². The molecule has 4 N–H and O–H groups in total. The van der Waals surface area contributed by atoms with Gasteiger partial charge < -0.3 is 10.3 Å². The van der Waals surface area contributed by atoms with Crippen LogP contribution in [0.15, 0.2) is 42.0 Å². The largest absolute Gasteiger partial charge is 0.416 e. The summed E-state index contributed by atoms with van der Waals surface area (Å²) in [5, 5.41) is 19.5. The van der Waals surface area contributed by atoms with Crippen LogP contribution < -0.4 is 11.2 Å². The smallest absolute Gasteiger partial charge is 0.382 e. The van der Waals surface area contributed by atoms with Crippen molar-refractivity contribution in [1.82, 2.24) is 9.55 Å². The predicted molar refractivity (Wildman–Crippen MR) is 77.2 cm³/mol. The van der Waals surface area contributed by atoms with Crippen molar-refractivity contribution in [2.24, 2.45) is 10.8 Å². The Morgan fingerprint density at radius 3 is 2.70 bits per heavy atom. The van der Waals surface area contributed by atoms with Crippen LogP contribution in [0.5, 0.6) is 0 Å². The predicted octanol–water partition coefficient (Wildman–Crippen LogP) is 2.12. The van der Waals surface area contributed by atoms with Gasteiger partial charge in [-0.2, -0.15) is 23.5 Å². The average Bonchev–Trinajstić information content (AvgIpc) is 3.00. The van der Waals surface area contributed by atoms with E-state index in [9.17, 15) is 13.2 Å². The second-order valence-corrected chi connectivity index (χ2v) is 4.30. The molecule has 0 aliphatic carbocycles. The van der Waals surface area contributed by atoms with Crippen molar-refractivity contribution in [3.63, 3.8) is 0 Å². The number of halogens is 3. The molecule has 0 aliphatic heterocycles. The fourth-order valence-corrected chi connectivity index (χ4v) is 1.69. The van der Waals surface area contributed by atoms with Crippen molar-refractivity contribution in [3.05, 3.63) is 42.5 Å². The normalized spacial score (nSPS) is 11.8. The van der Waals surface area contributed by atoms with Gasteiger partial charge in [0.05, 0.1) is 23.3 Å². The second kappa shape index (κ2) is 6.18. The van der Waals surface area contributed by atoms with E-state index in [1.165, 1.54) is 29.4 Å². The Bertz CT molecular complexity index is 785. The van der Waals surface area contributed by atoms with Gasteiger partial charge in [-0.3, -0.25) is 10.8 Å². The highest BCUT2D eigenvalue weighted by Crippen LogP contribution is 2.33. The number of nitrogens with two attached hydrogens (primary N) is 1. The number of nitrogens with one attached hydrogen (secondary N) is 2. The highest BCUT2D eigenvalue weighted by atomic mass is 19.4. The van der Waals surface area contributed by atoms with Gasteiger partial charge in [-0.15, -0.1) is 0 Å². The molecular weight excluding hydrogens is 311 g/mol. The number of alkyl halides is 3. The third-order valence-corrected chi connectivity index (χ3v) is 2.76. The first kappa shape index (κ1) is 16.0. The molecule has 0 amide bonds. The van der Waals surface area contributed by atoms with E-state index in [0.29, 0.717) is 5.69 Å². The van der Waals surface area contributed by atoms with Gasteiger partial charge in [0.2, 0.25) is 5.71 Å². The Morgan fingerprint density at radius 2 is 2.17 bits per heavy atom. The van der Waals surface area contributed by atoms with Gasteiger partial charge in [-0.1, -0.05) is 0 Å². The Labute approximate surface area is 128 Å². The Balaban J connectivity index is 2.49. The third kappa shape index (κ3) is 3.65. The molecule has 23 heavy (non-hydrogen) atoms. The van der Waals surface area contributed by atoms with Gasteiger partial charge in [-0.05, 0) is 18.2 Å². The molecule has 1 heterocycles. The van der Waals surface area contributed by atoms with E-state index in [4.69, 9.17) is 16.4 Å². The first-order chi connectivity index (χ1) is 10.8. The summed E-state index contributed by atoms with van der Waals surface area (Å²) in [4.78, 5) is 3.82. The van der Waals surface area contributed by atoms with Gasteiger partial charge in [-0.25, -0.2) is 4.98 Å². The number of nitrogens with zero attached hydrogens (tertiary/aromatic N) is 4. The van der Waals surface area contributed by atoms with Gasteiger partial charge in [0.1, 0.15) is 6.07 Å². The summed E-state index contributed by atoms with van der Waals surface area (Å²) >= 11 is 0. The molecule has 0 spiro atoms. The minimum Gasteiger partial charge on any atom is -0.382 e. The molecule has 0 fully saturated rings. The molecule has 0 aliphatic rings. The zero-order valence-corrected chi connectivity index (χ0v) is 11.5. The van der Waals surface area contributed by atoms with Crippen LogP contribution in [-0.2, 0) is 6.18 Å². The van der Waals surface area contributed by atoms with Crippen molar-refractivity contribution in [2.45, 2.75) is 6.18 Å². The number of nitriles is 1. The van der Waals surface area contributed by atoms with Crippen LogP contribution in [0.2, 0.25) is 0 Å². The molecule has 0 bridgehead atoms. The van der Waals surface area contributed by atoms with Gasteiger partial charge in [0.25, 0.3) is 0 Å². The summed E-state index contributed by atoms with van der Waals surface area (Å²) < 4.78 is 40.0. The molecule has 1 aromatic carbocycles. The number of hydrogen-bond donors (Lipinski definition) is 3. The Hall–Kier alpha value is -3.35. The van der Waals surface area contributed by atoms with Gasteiger partial charge in [0, 0.05) is 12.4 Å². The lowest BCUT2D eigenvalue weighted by Crippen LogP contribution is -2.22. The minimum absolute atomic E-state index is 0.0215. The lowest BCUT2D eigenvalue weighted by molar-refractivity contribution is -0.137. The molecule has 2 rings (SSSR count). The maximum absolute atomic E-state index is 12.8. The number of amidine groups is 1. The summed E-state index contributed by atoms with van der Waals surface area (Å²) in [6, 6.07) is 4.56. The zero-order chi connectivity index (χ0) is 17.0. The quantitative estimate of drug-likeness (QED) is 0.454. The van der Waals surface area contributed by atoms with E-state index in [1.54, 1.807) is 6.07 Å². The maximum atomic E-state index is 12.8. The third-order valence-electron chi connectivity index (χ3n) is 2.76. The van der Waals surface area contributed by atoms with Crippen LogP contribution in [0.1, 0.15) is 5.56 Å². The van der Waals surface area contributed by atoms with Crippen molar-refractivity contribution in [3.8, 4) is 11.8 Å². The van der Waals surface area contributed by atoms with E-state index < -0.39 is 23.3 Å². The second-order valence-electron chi connectivity index (χ2n) is 4.30. The maximum Gasteiger partial charge on any atom is 0.416 e. The number of hydrogen-bond acceptors (Lipinski definition) is 5. The molecule has 0 saturated carbocycles. The fourth-order valence-electron chi connectivity index (χ4n) is 1.69. The van der Waals surface area contributed by atoms with Crippen molar-refractivity contribution in [1.29, 1.82) is 10.7 Å². The number of anilines is 1. The molecule has 0 atom stereocenters. The van der Waals surface area contributed by atoms with Crippen molar-refractivity contribution < 1.29 is 13.2 Å². The van der Waals surface area contributed by atoms with Gasteiger partial charge in [0.15, 0.2) is 5.84 Å². The first-order valence-corrected chi connectivity index (χ1v) is 6.10. The molecule has 0 saturated heterocycles. The number of hydrazone groups is 1. The summed E-state index contributed by atoms with van der Waals surface area (Å²) in [5.74, 6) is -0.601. The fraction of sp³-hybridized carbons (Fsp3) is 0.0769. The molecule has 10 heteroatoms. The molecule has 118 valence electrons. The number of rotatable bonds is 4. The molecule has 0 radical (unpaired) electrons. The van der Waals surface area contributed by atoms with Crippen LogP contribution in [0.3, 0.4) is 0 Å². The zero-order valence-electron chi connectivity index (χ0n) is 11.5. The van der Waals surface area contributed by atoms with E-state index in [-0.39, 0.29) is 5.69 Å². The molecule has 2 aromatic rings. The monoisotopic (exact) mass is 321 g/mol. The lowest BCUT2D eigenvalue weighted by atomic mass is 10.1. The van der Waals surface area contributed by atoms with E-state index in [0.717, 1.165) is 12.1 Å². The first-order valence-electron chi connectivity index (χ1n) is 6.10. The van der Waals surface area contributed by atoms with E-state index in [2.05, 4.69) is 15.5 Å². The standard InChI is InChI=1S/C13H10F3N7/c14-13(15,16)8-1-2-11(23-4-3-20-7-23)9(5-8)21-22-10(6-17)12(18)19/h1-5,7,21H,(H3,18,19)/b22-10+. The number of imidazole rings is 1. The number of benzene rings is 1. The van der Waals surface area contributed by atoms with Gasteiger partial charge >= 0.3 is 6.18 Å². The van der Waals surface area contributed by atoms with Crippen LogP contribution >= 0.6 is 0 Å².